The normalized spacial score (nSPS) is 16.9. The standard InChI is InChI=1S/C21H19N5O4/c27-17(13-26-19(28)14-5-1-2-6-15(14)20(26)29)24-9-4-10-25(12-11-24)21-23-18-16(30-21)7-3-8-22-18/h1-3,5-8H,4,9-13H2. The minimum absolute atomic E-state index is 0.245. The Morgan fingerprint density at radius 1 is 0.967 bits per heavy atom. The van der Waals surface area contributed by atoms with Gasteiger partial charge in [0.05, 0.1) is 11.1 Å². The summed E-state index contributed by atoms with van der Waals surface area (Å²) in [6, 6.07) is 10.7. The molecule has 0 aliphatic carbocycles. The summed E-state index contributed by atoms with van der Waals surface area (Å²) in [5, 5.41) is 0. The highest BCUT2D eigenvalue weighted by atomic mass is 16.4. The van der Waals surface area contributed by atoms with Crippen molar-refractivity contribution in [2.45, 2.75) is 6.42 Å². The number of hydrogen-bond donors (Lipinski definition) is 0. The fraction of sp³-hybridized carbons (Fsp3) is 0.286. The molecule has 0 atom stereocenters. The van der Waals surface area contributed by atoms with Gasteiger partial charge < -0.3 is 14.2 Å². The fourth-order valence-electron chi connectivity index (χ4n) is 3.87. The van der Waals surface area contributed by atoms with Crippen molar-refractivity contribution in [3.63, 3.8) is 0 Å². The van der Waals surface area contributed by atoms with Crippen LogP contribution in [0.4, 0.5) is 6.01 Å². The Morgan fingerprint density at radius 2 is 1.73 bits per heavy atom. The monoisotopic (exact) mass is 405 g/mol. The van der Waals surface area contributed by atoms with Crippen LogP contribution in [-0.2, 0) is 4.79 Å². The molecule has 0 radical (unpaired) electrons. The maximum atomic E-state index is 12.8. The Hall–Kier alpha value is -3.75. The highest BCUT2D eigenvalue weighted by Crippen LogP contribution is 2.23. The molecule has 0 spiro atoms. The fourth-order valence-corrected chi connectivity index (χ4v) is 3.87. The predicted octanol–water partition coefficient (Wildman–Crippen LogP) is 1.56. The second-order valence-corrected chi connectivity index (χ2v) is 7.29. The van der Waals surface area contributed by atoms with E-state index in [0.29, 0.717) is 54.6 Å². The second-order valence-electron chi connectivity index (χ2n) is 7.29. The van der Waals surface area contributed by atoms with Gasteiger partial charge in [-0.2, -0.15) is 4.98 Å². The van der Waals surface area contributed by atoms with Gasteiger partial charge in [-0.1, -0.05) is 12.1 Å². The number of amides is 3. The lowest BCUT2D eigenvalue weighted by atomic mass is 10.1. The molecule has 0 bridgehead atoms. The SMILES string of the molecule is O=C(CN1C(=O)c2ccccc2C1=O)N1CCCN(c2nc3ncccc3o2)CC1. The first kappa shape index (κ1) is 18.3. The lowest BCUT2D eigenvalue weighted by Crippen LogP contribution is -2.44. The number of pyridine rings is 1. The second kappa shape index (κ2) is 7.25. The summed E-state index contributed by atoms with van der Waals surface area (Å²) >= 11 is 0. The van der Waals surface area contributed by atoms with Crippen LogP contribution in [0.1, 0.15) is 27.1 Å². The average Bonchev–Trinajstić information content (AvgIpc) is 3.17. The Morgan fingerprint density at radius 3 is 2.47 bits per heavy atom. The molecule has 2 aliphatic heterocycles. The molecule has 30 heavy (non-hydrogen) atoms. The van der Waals surface area contributed by atoms with Gasteiger partial charge in [-0.15, -0.1) is 0 Å². The molecule has 4 heterocycles. The first-order valence-corrected chi connectivity index (χ1v) is 9.81. The molecule has 1 saturated heterocycles. The number of aromatic nitrogens is 2. The molecule has 1 fully saturated rings. The number of fused-ring (bicyclic) bond motifs is 2. The van der Waals surface area contributed by atoms with E-state index in [4.69, 9.17) is 4.42 Å². The molecule has 0 unspecified atom stereocenters. The van der Waals surface area contributed by atoms with E-state index in [-0.39, 0.29) is 12.5 Å². The molecule has 0 N–H and O–H groups in total. The summed E-state index contributed by atoms with van der Waals surface area (Å²) in [7, 11) is 0. The minimum atomic E-state index is -0.417. The van der Waals surface area contributed by atoms with Crippen LogP contribution < -0.4 is 4.90 Å². The van der Waals surface area contributed by atoms with E-state index in [1.54, 1.807) is 41.4 Å². The molecular weight excluding hydrogens is 386 g/mol. The topological polar surface area (TPSA) is 99.9 Å². The number of hydrogen-bond acceptors (Lipinski definition) is 7. The lowest BCUT2D eigenvalue weighted by Gasteiger charge is -2.23. The van der Waals surface area contributed by atoms with E-state index in [2.05, 4.69) is 9.97 Å². The van der Waals surface area contributed by atoms with Gasteiger partial charge >= 0.3 is 0 Å². The van der Waals surface area contributed by atoms with Crippen LogP contribution in [0.25, 0.3) is 11.2 Å². The number of oxazole rings is 1. The molecule has 9 nitrogen and oxygen atoms in total. The van der Waals surface area contributed by atoms with Crippen molar-refractivity contribution in [2.75, 3.05) is 37.6 Å². The summed E-state index contributed by atoms with van der Waals surface area (Å²) < 4.78 is 5.78. The van der Waals surface area contributed by atoms with Crippen LogP contribution in [0, 0.1) is 0 Å². The number of imide groups is 1. The summed E-state index contributed by atoms with van der Waals surface area (Å²) in [5.41, 5.74) is 1.87. The highest BCUT2D eigenvalue weighted by molar-refractivity contribution is 6.22. The van der Waals surface area contributed by atoms with Crippen LogP contribution in [0.15, 0.2) is 47.0 Å². The number of carbonyl (C=O) groups excluding carboxylic acids is 3. The summed E-state index contributed by atoms with van der Waals surface area (Å²) in [5.74, 6) is -1.08. The molecule has 9 heteroatoms. The van der Waals surface area contributed by atoms with Gasteiger partial charge in [0.25, 0.3) is 17.8 Å². The van der Waals surface area contributed by atoms with Gasteiger partial charge in [0, 0.05) is 32.4 Å². The largest absolute Gasteiger partial charge is 0.422 e. The molecule has 3 amide bonds. The molecule has 1 aromatic carbocycles. The maximum absolute atomic E-state index is 12.8. The number of carbonyl (C=O) groups is 3. The van der Waals surface area contributed by atoms with Crippen LogP contribution in [0.2, 0.25) is 0 Å². The van der Waals surface area contributed by atoms with Gasteiger partial charge in [0.1, 0.15) is 6.54 Å². The Labute approximate surface area is 171 Å². The molecule has 3 aromatic rings. The number of benzene rings is 1. The van der Waals surface area contributed by atoms with Crippen molar-refractivity contribution in [3.8, 4) is 0 Å². The van der Waals surface area contributed by atoms with Crippen molar-refractivity contribution in [1.82, 2.24) is 19.8 Å². The van der Waals surface area contributed by atoms with E-state index in [0.717, 1.165) is 11.3 Å². The molecular formula is C21H19N5O4. The summed E-state index contributed by atoms with van der Waals surface area (Å²) in [6.45, 7) is 1.97. The third-order valence-electron chi connectivity index (χ3n) is 5.44. The summed E-state index contributed by atoms with van der Waals surface area (Å²) in [6.07, 6.45) is 2.39. The Bertz CT molecular complexity index is 1090. The zero-order valence-corrected chi connectivity index (χ0v) is 16.2. The van der Waals surface area contributed by atoms with Gasteiger partial charge in [-0.25, -0.2) is 4.98 Å². The van der Waals surface area contributed by atoms with E-state index in [9.17, 15) is 14.4 Å². The minimum Gasteiger partial charge on any atom is -0.422 e. The van der Waals surface area contributed by atoms with Crippen LogP contribution >= 0.6 is 0 Å². The zero-order chi connectivity index (χ0) is 20.7. The number of rotatable bonds is 3. The van der Waals surface area contributed by atoms with E-state index in [1.807, 2.05) is 11.0 Å². The van der Waals surface area contributed by atoms with Gasteiger partial charge in [-0.05, 0) is 30.7 Å². The highest BCUT2D eigenvalue weighted by Gasteiger charge is 2.37. The van der Waals surface area contributed by atoms with E-state index >= 15 is 0 Å². The number of anilines is 1. The summed E-state index contributed by atoms with van der Waals surface area (Å²) in [4.78, 5) is 51.2. The first-order valence-electron chi connectivity index (χ1n) is 9.81. The molecule has 2 aromatic heterocycles. The smallest absolute Gasteiger partial charge is 0.300 e. The molecule has 0 saturated carbocycles. The van der Waals surface area contributed by atoms with Crippen LogP contribution in [-0.4, -0.2) is 70.2 Å². The third-order valence-corrected chi connectivity index (χ3v) is 5.44. The molecule has 5 rings (SSSR count). The first-order chi connectivity index (χ1) is 14.6. The van der Waals surface area contributed by atoms with Crippen LogP contribution in [0.5, 0.6) is 0 Å². The van der Waals surface area contributed by atoms with Gasteiger partial charge in [0.15, 0.2) is 5.58 Å². The Kier molecular flexibility index (Phi) is 4.42. The van der Waals surface area contributed by atoms with Crippen molar-refractivity contribution >= 4 is 35.0 Å². The maximum Gasteiger partial charge on any atom is 0.300 e. The third kappa shape index (κ3) is 3.08. The van der Waals surface area contributed by atoms with Crippen molar-refractivity contribution in [3.05, 3.63) is 53.7 Å². The van der Waals surface area contributed by atoms with Crippen molar-refractivity contribution < 1.29 is 18.8 Å². The van der Waals surface area contributed by atoms with Crippen molar-refractivity contribution in [1.29, 1.82) is 0 Å². The zero-order valence-electron chi connectivity index (χ0n) is 16.2. The lowest BCUT2D eigenvalue weighted by molar-refractivity contribution is -0.131. The molecule has 2 aliphatic rings. The Balaban J connectivity index is 1.25. The predicted molar refractivity (Wildman–Crippen MR) is 107 cm³/mol. The van der Waals surface area contributed by atoms with Gasteiger partial charge in [-0.3, -0.25) is 19.3 Å². The van der Waals surface area contributed by atoms with E-state index < -0.39 is 11.8 Å². The van der Waals surface area contributed by atoms with Crippen LogP contribution in [0.3, 0.4) is 0 Å². The number of nitrogens with zero attached hydrogens (tertiary/aromatic N) is 5. The molecule has 152 valence electrons. The van der Waals surface area contributed by atoms with E-state index in [1.165, 1.54) is 0 Å². The average molecular weight is 405 g/mol. The van der Waals surface area contributed by atoms with Crippen molar-refractivity contribution in [2.24, 2.45) is 0 Å². The van der Waals surface area contributed by atoms with Gasteiger partial charge in [0.2, 0.25) is 11.6 Å². The quantitative estimate of drug-likeness (QED) is 0.610.